The van der Waals surface area contributed by atoms with Crippen molar-refractivity contribution >= 4 is 11.6 Å². The van der Waals surface area contributed by atoms with Gasteiger partial charge in [-0.05, 0) is 61.4 Å². The number of guanidine groups is 1. The third-order valence-electron chi connectivity index (χ3n) is 4.28. The van der Waals surface area contributed by atoms with Gasteiger partial charge in [0.05, 0.1) is 12.2 Å². The number of aryl methyl sites for hydroxylation is 3. The second kappa shape index (κ2) is 7.27. The lowest BCUT2D eigenvalue weighted by molar-refractivity contribution is 0.663. The van der Waals surface area contributed by atoms with E-state index in [1.165, 1.54) is 29.7 Å². The fourth-order valence-corrected chi connectivity index (χ4v) is 2.89. The average Bonchev–Trinajstić information content (AvgIpc) is 2.60. The Morgan fingerprint density at radius 1 is 1.13 bits per heavy atom. The molecule has 0 saturated heterocycles. The van der Waals surface area contributed by atoms with Crippen LogP contribution in [0.1, 0.15) is 42.3 Å². The van der Waals surface area contributed by atoms with Gasteiger partial charge in [-0.3, -0.25) is 4.98 Å². The Kier molecular flexibility index (Phi) is 4.91. The molecule has 0 atom stereocenters. The molecule has 1 aliphatic rings. The molecule has 4 nitrogen and oxygen atoms in total. The van der Waals surface area contributed by atoms with Crippen LogP contribution in [0.25, 0.3) is 0 Å². The maximum absolute atomic E-state index is 5.97. The van der Waals surface area contributed by atoms with Gasteiger partial charge in [0.1, 0.15) is 0 Å². The average molecular weight is 308 g/mol. The van der Waals surface area contributed by atoms with Crippen LogP contribution in [0.5, 0.6) is 0 Å². The number of nitrogens with one attached hydrogen (secondary N) is 1. The third kappa shape index (κ3) is 4.09. The van der Waals surface area contributed by atoms with Crippen molar-refractivity contribution in [1.29, 1.82) is 0 Å². The molecular formula is C19H24N4. The van der Waals surface area contributed by atoms with Gasteiger partial charge in [-0.25, -0.2) is 4.99 Å². The van der Waals surface area contributed by atoms with Crippen molar-refractivity contribution in [2.45, 2.75) is 45.6 Å². The van der Waals surface area contributed by atoms with E-state index in [4.69, 9.17) is 10.7 Å². The summed E-state index contributed by atoms with van der Waals surface area (Å²) in [4.78, 5) is 9.13. The van der Waals surface area contributed by atoms with Crippen LogP contribution in [0.3, 0.4) is 0 Å². The summed E-state index contributed by atoms with van der Waals surface area (Å²) in [6, 6.07) is 12.5. The number of rotatable bonds is 4. The number of nitrogens with two attached hydrogens (primary N) is 1. The van der Waals surface area contributed by atoms with E-state index in [9.17, 15) is 0 Å². The number of fused-ring (bicyclic) bond motifs is 1. The lowest BCUT2D eigenvalue weighted by atomic mass is 9.96. The van der Waals surface area contributed by atoms with Gasteiger partial charge in [0, 0.05) is 11.4 Å². The summed E-state index contributed by atoms with van der Waals surface area (Å²) >= 11 is 0. The van der Waals surface area contributed by atoms with Crippen LogP contribution in [0, 0.1) is 0 Å². The van der Waals surface area contributed by atoms with Gasteiger partial charge in [0.15, 0.2) is 5.96 Å². The molecule has 0 saturated carbocycles. The van der Waals surface area contributed by atoms with Crippen molar-refractivity contribution in [1.82, 2.24) is 4.98 Å². The normalized spacial score (nSPS) is 14.4. The fraction of sp³-hybridized carbons (Fsp3) is 0.368. The zero-order chi connectivity index (χ0) is 16.1. The number of pyridine rings is 1. The van der Waals surface area contributed by atoms with Crippen molar-refractivity contribution in [3.05, 3.63) is 58.9 Å². The van der Waals surface area contributed by atoms with Gasteiger partial charge in [-0.2, -0.15) is 0 Å². The first kappa shape index (κ1) is 15.5. The van der Waals surface area contributed by atoms with Crippen molar-refractivity contribution < 1.29 is 0 Å². The molecule has 0 amide bonds. The summed E-state index contributed by atoms with van der Waals surface area (Å²) in [5.41, 5.74) is 11.9. The predicted molar refractivity (Wildman–Crippen MR) is 95.6 cm³/mol. The topological polar surface area (TPSA) is 63.3 Å². The van der Waals surface area contributed by atoms with E-state index in [1.807, 2.05) is 12.1 Å². The van der Waals surface area contributed by atoms with E-state index in [1.54, 1.807) is 0 Å². The van der Waals surface area contributed by atoms with E-state index < -0.39 is 0 Å². The van der Waals surface area contributed by atoms with Gasteiger partial charge in [-0.1, -0.05) is 25.1 Å². The molecule has 0 bridgehead atoms. The summed E-state index contributed by atoms with van der Waals surface area (Å²) in [5.74, 6) is 0.425. The highest BCUT2D eigenvalue weighted by Crippen LogP contribution is 2.19. The summed E-state index contributed by atoms with van der Waals surface area (Å²) in [6.45, 7) is 2.66. The SMILES string of the molecule is CCc1ccc(NC(N)=NCc2ccc3c(n2)CCCC3)cc1. The molecule has 1 heterocycles. The first-order chi connectivity index (χ1) is 11.2. The highest BCUT2D eigenvalue weighted by atomic mass is 15.1. The monoisotopic (exact) mass is 308 g/mol. The van der Waals surface area contributed by atoms with Crippen LogP contribution in [0.2, 0.25) is 0 Å². The number of nitrogens with zero attached hydrogens (tertiary/aromatic N) is 2. The van der Waals surface area contributed by atoms with Crippen molar-refractivity contribution in [3.63, 3.8) is 0 Å². The van der Waals surface area contributed by atoms with E-state index in [0.29, 0.717) is 12.5 Å². The molecule has 0 spiro atoms. The molecule has 1 aliphatic carbocycles. The molecular weight excluding hydrogens is 284 g/mol. The minimum absolute atomic E-state index is 0.425. The second-order valence-electron chi connectivity index (χ2n) is 5.99. The van der Waals surface area contributed by atoms with Gasteiger partial charge >= 0.3 is 0 Å². The lowest BCUT2D eigenvalue weighted by Crippen LogP contribution is -2.22. The van der Waals surface area contributed by atoms with Crippen molar-refractivity contribution in [2.24, 2.45) is 10.7 Å². The van der Waals surface area contributed by atoms with Crippen molar-refractivity contribution in [3.8, 4) is 0 Å². The largest absolute Gasteiger partial charge is 0.370 e. The molecule has 1 aromatic heterocycles. The number of benzene rings is 1. The molecule has 2 aromatic rings. The maximum Gasteiger partial charge on any atom is 0.193 e. The third-order valence-corrected chi connectivity index (χ3v) is 4.28. The van der Waals surface area contributed by atoms with E-state index in [2.05, 4.69) is 41.5 Å². The molecule has 3 N–H and O–H groups in total. The summed E-state index contributed by atoms with van der Waals surface area (Å²) < 4.78 is 0. The summed E-state index contributed by atoms with van der Waals surface area (Å²) in [6.07, 6.45) is 5.80. The first-order valence-electron chi connectivity index (χ1n) is 8.38. The number of hydrogen-bond donors (Lipinski definition) is 2. The Labute approximate surface area is 137 Å². The highest BCUT2D eigenvalue weighted by molar-refractivity contribution is 5.92. The van der Waals surface area contributed by atoms with Crippen LogP contribution in [-0.2, 0) is 25.8 Å². The minimum atomic E-state index is 0.425. The quantitative estimate of drug-likeness (QED) is 0.671. The first-order valence-corrected chi connectivity index (χ1v) is 8.38. The van der Waals surface area contributed by atoms with Crippen LogP contribution < -0.4 is 11.1 Å². The molecule has 0 fully saturated rings. The Morgan fingerprint density at radius 2 is 1.91 bits per heavy atom. The predicted octanol–water partition coefficient (Wildman–Crippen LogP) is 3.45. The Balaban J connectivity index is 1.62. The zero-order valence-corrected chi connectivity index (χ0v) is 13.7. The summed E-state index contributed by atoms with van der Waals surface area (Å²) in [5, 5.41) is 3.13. The molecule has 23 heavy (non-hydrogen) atoms. The van der Waals surface area contributed by atoms with E-state index >= 15 is 0 Å². The summed E-state index contributed by atoms with van der Waals surface area (Å²) in [7, 11) is 0. The molecule has 0 aliphatic heterocycles. The maximum atomic E-state index is 5.97. The minimum Gasteiger partial charge on any atom is -0.370 e. The van der Waals surface area contributed by atoms with Crippen LogP contribution in [0.4, 0.5) is 5.69 Å². The molecule has 0 unspecified atom stereocenters. The van der Waals surface area contributed by atoms with Gasteiger partial charge in [0.2, 0.25) is 0 Å². The highest BCUT2D eigenvalue weighted by Gasteiger charge is 2.10. The van der Waals surface area contributed by atoms with Gasteiger partial charge in [0.25, 0.3) is 0 Å². The Bertz CT molecular complexity index is 689. The number of anilines is 1. The smallest absolute Gasteiger partial charge is 0.193 e. The standard InChI is InChI=1S/C19H24N4/c1-2-14-7-10-16(11-8-14)23-19(20)21-13-17-12-9-15-5-3-4-6-18(15)22-17/h7-12H,2-6,13H2,1H3,(H3,20,21,23). The molecule has 120 valence electrons. The Hall–Kier alpha value is -2.36. The molecule has 4 heteroatoms. The van der Waals surface area contributed by atoms with Gasteiger partial charge < -0.3 is 11.1 Å². The molecule has 3 rings (SSSR count). The Morgan fingerprint density at radius 3 is 2.70 bits per heavy atom. The number of aromatic nitrogens is 1. The molecule has 0 radical (unpaired) electrons. The second-order valence-corrected chi connectivity index (χ2v) is 5.99. The lowest BCUT2D eigenvalue weighted by Gasteiger charge is -2.15. The van der Waals surface area contributed by atoms with Crippen LogP contribution in [-0.4, -0.2) is 10.9 Å². The van der Waals surface area contributed by atoms with Crippen LogP contribution >= 0.6 is 0 Å². The van der Waals surface area contributed by atoms with Crippen molar-refractivity contribution in [2.75, 3.05) is 5.32 Å². The molecule has 1 aromatic carbocycles. The van der Waals surface area contributed by atoms with E-state index in [0.717, 1.165) is 30.6 Å². The zero-order valence-electron chi connectivity index (χ0n) is 13.7. The van der Waals surface area contributed by atoms with Crippen LogP contribution in [0.15, 0.2) is 41.4 Å². The van der Waals surface area contributed by atoms with E-state index in [-0.39, 0.29) is 0 Å². The number of hydrogen-bond acceptors (Lipinski definition) is 2. The number of aliphatic imine (C=N–C) groups is 1. The van der Waals surface area contributed by atoms with Gasteiger partial charge in [-0.15, -0.1) is 0 Å². The fourth-order valence-electron chi connectivity index (χ4n) is 2.89.